The Morgan fingerprint density at radius 1 is 0.973 bits per heavy atom. The Morgan fingerprint density at radius 3 is 2.38 bits per heavy atom. The number of amides is 1. The number of nitrogens with one attached hydrogen (secondary N) is 2. The maximum absolute atomic E-state index is 13.3. The summed E-state index contributed by atoms with van der Waals surface area (Å²) in [7, 11) is 0. The van der Waals surface area contributed by atoms with Crippen LogP contribution in [-0.2, 0) is 27.5 Å². The van der Waals surface area contributed by atoms with E-state index in [1.54, 1.807) is 6.07 Å². The number of aliphatic hydroxyl groups excluding tert-OH is 3. The quantitative estimate of drug-likeness (QED) is 0.334. The van der Waals surface area contributed by atoms with E-state index < -0.39 is 0 Å². The maximum atomic E-state index is 13.3. The molecule has 1 saturated heterocycles. The second-order valence-corrected chi connectivity index (χ2v) is 9.98. The summed E-state index contributed by atoms with van der Waals surface area (Å²) in [6, 6.07) is 7.68. The minimum Gasteiger partial charge on any atom is -0.396 e. The average molecular weight is 683 g/mol. The Kier molecular flexibility index (Phi) is 12.9. The molecule has 0 atom stereocenters. The molecule has 0 aliphatic carbocycles. The van der Waals surface area contributed by atoms with Crippen LogP contribution in [0, 0.1) is 12.3 Å². The third-order valence-electron chi connectivity index (χ3n) is 6.95. The molecule has 0 spiro atoms. The smallest absolute Gasteiger partial charge is 0.258 e. The number of benzene rings is 1. The molecule has 0 unspecified atom stereocenters. The molecule has 0 saturated carbocycles. The molecule has 9 nitrogen and oxygen atoms in total. The first-order valence-electron chi connectivity index (χ1n) is 13.0. The topological polar surface area (TPSA) is 131 Å². The molecule has 4 bridgehead atoms. The number of aromatic nitrogens is 2. The van der Waals surface area contributed by atoms with Gasteiger partial charge in [0.2, 0.25) is 5.95 Å². The van der Waals surface area contributed by atoms with E-state index in [9.17, 15) is 9.90 Å². The summed E-state index contributed by atoms with van der Waals surface area (Å²) < 4.78 is 0. The zero-order valence-corrected chi connectivity index (χ0v) is 24.9. The summed E-state index contributed by atoms with van der Waals surface area (Å²) in [5.74, 6) is 0.891. The molecular weight excluding hydrogens is 642 g/mol. The first-order chi connectivity index (χ1) is 17.4. The minimum absolute atomic E-state index is 0. The molecule has 0 radical (unpaired) electrons. The SMILES string of the molecule is Cc1cc2nc(n1)NCCCCCC1(C)CCN(CC1)c1cc(CCO)ccc1C(=O)N2.OCCO.[W]. The number of rotatable bonds is 3. The van der Waals surface area contributed by atoms with E-state index in [0.717, 1.165) is 55.8 Å². The molecule has 10 heteroatoms. The number of carbonyl (C=O) groups is 1. The molecule has 204 valence electrons. The summed E-state index contributed by atoms with van der Waals surface area (Å²) >= 11 is 0. The molecule has 1 aromatic heterocycles. The predicted octanol–water partition coefficient (Wildman–Crippen LogP) is 3.13. The zero-order chi connectivity index (χ0) is 26.0. The molecule has 3 aliphatic rings. The van der Waals surface area contributed by atoms with Crippen LogP contribution in [0.25, 0.3) is 0 Å². The Hall–Kier alpha value is -2.06. The molecular formula is C27H41N5O4W. The Balaban J connectivity index is 0.000000898. The number of hydrogen-bond donors (Lipinski definition) is 5. The summed E-state index contributed by atoms with van der Waals surface area (Å²) in [5.41, 5.74) is 3.80. The summed E-state index contributed by atoms with van der Waals surface area (Å²) in [6.45, 7) is 6.88. The van der Waals surface area contributed by atoms with Crippen molar-refractivity contribution >= 4 is 23.4 Å². The van der Waals surface area contributed by atoms with Crippen LogP contribution >= 0.6 is 0 Å². The molecule has 5 N–H and O–H groups in total. The van der Waals surface area contributed by atoms with Crippen LogP contribution in [0.2, 0.25) is 0 Å². The van der Waals surface area contributed by atoms with E-state index in [4.69, 9.17) is 10.2 Å². The number of fused-ring (bicyclic) bond motifs is 8. The summed E-state index contributed by atoms with van der Waals surface area (Å²) in [6.07, 6.45) is 7.58. The third-order valence-corrected chi connectivity index (χ3v) is 6.95. The van der Waals surface area contributed by atoms with Gasteiger partial charge in [0.1, 0.15) is 5.82 Å². The second-order valence-electron chi connectivity index (χ2n) is 9.98. The molecule has 1 aromatic carbocycles. The van der Waals surface area contributed by atoms with Crippen LogP contribution in [0.4, 0.5) is 17.5 Å². The van der Waals surface area contributed by atoms with Crippen molar-refractivity contribution in [3.05, 3.63) is 41.1 Å². The van der Waals surface area contributed by atoms with E-state index in [2.05, 4.69) is 38.5 Å². The van der Waals surface area contributed by atoms with E-state index in [0.29, 0.717) is 29.2 Å². The summed E-state index contributed by atoms with van der Waals surface area (Å²) in [5, 5.41) is 31.0. The van der Waals surface area contributed by atoms with Gasteiger partial charge in [0, 0.05) is 64.8 Å². The van der Waals surface area contributed by atoms with Crippen LogP contribution in [0.3, 0.4) is 0 Å². The van der Waals surface area contributed by atoms with Gasteiger partial charge in [-0.05, 0) is 62.1 Å². The number of aryl methyl sites for hydroxylation is 1. The third kappa shape index (κ3) is 9.32. The van der Waals surface area contributed by atoms with Crippen LogP contribution < -0.4 is 15.5 Å². The van der Waals surface area contributed by atoms with Gasteiger partial charge >= 0.3 is 0 Å². The van der Waals surface area contributed by atoms with Crippen LogP contribution in [0.5, 0.6) is 0 Å². The van der Waals surface area contributed by atoms with E-state index in [-0.39, 0.29) is 46.8 Å². The van der Waals surface area contributed by atoms with Gasteiger partial charge in [-0.3, -0.25) is 4.79 Å². The Bertz CT molecular complexity index is 997. The number of hydrogen-bond acceptors (Lipinski definition) is 8. The van der Waals surface area contributed by atoms with E-state index in [1.165, 1.54) is 19.3 Å². The molecule has 3 aliphatic heterocycles. The van der Waals surface area contributed by atoms with Gasteiger partial charge in [-0.1, -0.05) is 25.8 Å². The van der Waals surface area contributed by atoms with Crippen molar-refractivity contribution in [2.45, 2.75) is 58.8 Å². The van der Waals surface area contributed by atoms with Crippen molar-refractivity contribution in [3.8, 4) is 0 Å². The Labute approximate surface area is 234 Å². The fourth-order valence-electron chi connectivity index (χ4n) is 4.80. The fourth-order valence-corrected chi connectivity index (χ4v) is 4.80. The maximum Gasteiger partial charge on any atom is 0.258 e. The van der Waals surface area contributed by atoms with Gasteiger partial charge in [-0.2, -0.15) is 4.98 Å². The standard InChI is InChI=1S/C25H35N5O2.C2H6O2.W/c1-18-16-22-28-23(32)20-7-6-19(8-15-31)17-21(20)30-13-10-25(2,11-14-30)9-4-3-5-12-26-24(27-18)29-22;3-1-2-4;/h6-7,16-17,31H,3-5,8-15H2,1-2H3,(H2,26,27,28,29,32);3-4H,1-2H2;. The number of carbonyl (C=O) groups excluding carboxylic acids is 1. The van der Waals surface area contributed by atoms with Crippen molar-refractivity contribution in [1.82, 2.24) is 9.97 Å². The number of aliphatic hydroxyl groups is 3. The number of anilines is 3. The molecule has 5 rings (SSSR count). The zero-order valence-electron chi connectivity index (χ0n) is 22.0. The van der Waals surface area contributed by atoms with Gasteiger partial charge in [-0.15, -0.1) is 0 Å². The molecule has 1 fully saturated rings. The van der Waals surface area contributed by atoms with Crippen LogP contribution in [-0.4, -0.2) is 70.6 Å². The molecule has 2 aromatic rings. The first kappa shape index (κ1) is 31.2. The second kappa shape index (κ2) is 15.4. The van der Waals surface area contributed by atoms with Gasteiger partial charge in [0.25, 0.3) is 5.91 Å². The van der Waals surface area contributed by atoms with Gasteiger partial charge in [0.15, 0.2) is 0 Å². The van der Waals surface area contributed by atoms with Crippen molar-refractivity contribution in [1.29, 1.82) is 0 Å². The largest absolute Gasteiger partial charge is 0.396 e. The molecule has 1 amide bonds. The van der Waals surface area contributed by atoms with Gasteiger partial charge in [0.05, 0.1) is 18.8 Å². The van der Waals surface area contributed by atoms with Crippen LogP contribution in [0.15, 0.2) is 24.3 Å². The van der Waals surface area contributed by atoms with Crippen molar-refractivity contribution < 1.29 is 41.2 Å². The van der Waals surface area contributed by atoms with Crippen molar-refractivity contribution in [2.24, 2.45) is 5.41 Å². The Morgan fingerprint density at radius 2 is 1.70 bits per heavy atom. The average Bonchev–Trinajstić information content (AvgIpc) is 2.86. The van der Waals surface area contributed by atoms with Gasteiger partial charge in [-0.25, -0.2) is 4.98 Å². The molecule has 37 heavy (non-hydrogen) atoms. The van der Waals surface area contributed by atoms with E-state index >= 15 is 0 Å². The van der Waals surface area contributed by atoms with E-state index in [1.807, 2.05) is 19.1 Å². The minimum atomic E-state index is -0.169. The van der Waals surface area contributed by atoms with Crippen molar-refractivity contribution in [3.63, 3.8) is 0 Å². The van der Waals surface area contributed by atoms with Crippen LogP contribution in [0.1, 0.15) is 67.1 Å². The molecule has 4 heterocycles. The predicted molar refractivity (Wildman–Crippen MR) is 143 cm³/mol. The number of nitrogens with zero attached hydrogens (tertiary/aromatic N) is 3. The monoisotopic (exact) mass is 683 g/mol. The van der Waals surface area contributed by atoms with Crippen molar-refractivity contribution in [2.75, 3.05) is 55.0 Å². The number of piperidine rings is 1. The normalized spacial score (nSPS) is 17.2. The van der Waals surface area contributed by atoms with Gasteiger partial charge < -0.3 is 30.9 Å². The fraction of sp³-hybridized carbons (Fsp3) is 0.593. The first-order valence-corrected chi connectivity index (χ1v) is 13.0. The summed E-state index contributed by atoms with van der Waals surface area (Å²) in [4.78, 5) is 24.6.